The number of aliphatic imine (C=N–C) groups is 1. The summed E-state index contributed by atoms with van der Waals surface area (Å²) in [5.74, 6) is 0.780. The van der Waals surface area contributed by atoms with Crippen LogP contribution in [0.4, 0.5) is 5.69 Å². The zero-order valence-electron chi connectivity index (χ0n) is 14.4. The molecule has 0 radical (unpaired) electrons. The van der Waals surface area contributed by atoms with Gasteiger partial charge in [-0.3, -0.25) is 4.99 Å². The van der Waals surface area contributed by atoms with Crippen LogP contribution in [-0.2, 0) is 13.1 Å². The van der Waals surface area contributed by atoms with E-state index in [4.69, 9.17) is 11.6 Å². The smallest absolute Gasteiger partial charge is 0.191 e. The van der Waals surface area contributed by atoms with Gasteiger partial charge in [-0.25, -0.2) is 0 Å². The van der Waals surface area contributed by atoms with Crippen molar-refractivity contribution >= 4 is 23.2 Å². The van der Waals surface area contributed by atoms with Gasteiger partial charge in [0.15, 0.2) is 5.96 Å². The van der Waals surface area contributed by atoms with Crippen LogP contribution in [-0.4, -0.2) is 26.1 Å². The fourth-order valence-corrected chi connectivity index (χ4v) is 2.83. The van der Waals surface area contributed by atoms with Crippen molar-refractivity contribution in [1.82, 2.24) is 10.6 Å². The normalized spacial score (nSPS) is 14.0. The Kier molecular flexibility index (Phi) is 5.96. The minimum atomic E-state index is 0.706. The molecule has 4 nitrogen and oxygen atoms in total. The first-order valence-electron chi connectivity index (χ1n) is 8.42. The van der Waals surface area contributed by atoms with Crippen LogP contribution < -0.4 is 15.5 Å². The second kappa shape index (κ2) is 8.58. The minimum Gasteiger partial charge on any atom is -0.364 e. The summed E-state index contributed by atoms with van der Waals surface area (Å²) in [6, 6.07) is 16.5. The summed E-state index contributed by atoms with van der Waals surface area (Å²) in [4.78, 5) is 6.61. The number of benzene rings is 2. The third kappa shape index (κ3) is 5.00. The maximum absolute atomic E-state index is 5.91. The maximum atomic E-state index is 5.91. The number of hydrogen-bond donors (Lipinski definition) is 2. The van der Waals surface area contributed by atoms with Crippen molar-refractivity contribution in [1.29, 1.82) is 0 Å². The molecular formula is C20H23ClN4. The van der Waals surface area contributed by atoms with Crippen LogP contribution in [0.2, 0.25) is 5.02 Å². The molecule has 0 atom stereocenters. The minimum absolute atomic E-state index is 0.706. The Hall–Kier alpha value is -2.46. The molecule has 25 heavy (non-hydrogen) atoms. The van der Waals surface area contributed by atoms with Crippen LogP contribution >= 0.6 is 11.6 Å². The molecule has 2 N–H and O–H groups in total. The highest BCUT2D eigenvalue weighted by Gasteiger charge is 2.07. The number of anilines is 1. The number of halogens is 1. The standard InChI is InChI=1S/C20H23ClN4/c1-22-20(23-14-16-4-8-18(21)9-5-16)24-15-17-6-10-19(11-7-17)25-12-2-3-13-25/h2-11H,12-15H2,1H3,(H2,22,23,24). The van der Waals surface area contributed by atoms with E-state index in [0.29, 0.717) is 6.54 Å². The van der Waals surface area contributed by atoms with Crippen LogP contribution in [0.3, 0.4) is 0 Å². The quantitative estimate of drug-likeness (QED) is 0.490. The Morgan fingerprint density at radius 1 is 0.920 bits per heavy atom. The molecule has 0 amide bonds. The van der Waals surface area contributed by atoms with Crippen molar-refractivity contribution in [3.63, 3.8) is 0 Å². The first-order chi connectivity index (χ1) is 12.2. The van der Waals surface area contributed by atoms with Crippen molar-refractivity contribution in [2.24, 2.45) is 4.99 Å². The summed E-state index contributed by atoms with van der Waals surface area (Å²) < 4.78 is 0. The molecule has 1 aliphatic rings. The second-order valence-electron chi connectivity index (χ2n) is 5.95. The topological polar surface area (TPSA) is 39.7 Å². The molecule has 2 aromatic carbocycles. The van der Waals surface area contributed by atoms with Gasteiger partial charge in [0.2, 0.25) is 0 Å². The zero-order valence-corrected chi connectivity index (χ0v) is 15.1. The first kappa shape index (κ1) is 17.4. The average Bonchev–Trinajstić information content (AvgIpc) is 3.18. The molecule has 0 unspecified atom stereocenters. The van der Waals surface area contributed by atoms with Gasteiger partial charge in [-0.2, -0.15) is 0 Å². The Bertz CT molecular complexity index is 727. The van der Waals surface area contributed by atoms with E-state index < -0.39 is 0 Å². The average molecular weight is 355 g/mol. The van der Waals surface area contributed by atoms with E-state index >= 15 is 0 Å². The molecule has 0 fully saturated rings. The molecule has 130 valence electrons. The molecule has 0 aromatic heterocycles. The fraction of sp³-hybridized carbons (Fsp3) is 0.250. The van der Waals surface area contributed by atoms with E-state index in [1.54, 1.807) is 7.05 Å². The number of hydrogen-bond acceptors (Lipinski definition) is 2. The van der Waals surface area contributed by atoms with E-state index in [0.717, 1.165) is 36.2 Å². The van der Waals surface area contributed by atoms with E-state index in [1.165, 1.54) is 11.3 Å². The summed E-state index contributed by atoms with van der Waals surface area (Å²) in [5.41, 5.74) is 3.65. The lowest BCUT2D eigenvalue weighted by molar-refractivity contribution is 0.809. The molecule has 1 aliphatic heterocycles. The molecule has 0 bridgehead atoms. The lowest BCUT2D eigenvalue weighted by atomic mass is 10.2. The van der Waals surface area contributed by atoms with Crippen LogP contribution in [0.15, 0.2) is 65.7 Å². The molecular weight excluding hydrogens is 332 g/mol. The van der Waals surface area contributed by atoms with Crippen molar-refractivity contribution in [3.8, 4) is 0 Å². The summed E-state index contributed by atoms with van der Waals surface area (Å²) in [6.07, 6.45) is 4.40. The largest absolute Gasteiger partial charge is 0.364 e. The molecule has 5 heteroatoms. The van der Waals surface area contributed by atoms with Gasteiger partial charge in [-0.15, -0.1) is 0 Å². The Balaban J connectivity index is 1.48. The van der Waals surface area contributed by atoms with Crippen LogP contribution in [0, 0.1) is 0 Å². The van der Waals surface area contributed by atoms with Gasteiger partial charge in [0.1, 0.15) is 0 Å². The van der Waals surface area contributed by atoms with Gasteiger partial charge >= 0.3 is 0 Å². The molecule has 0 saturated carbocycles. The highest BCUT2D eigenvalue weighted by atomic mass is 35.5. The number of nitrogens with one attached hydrogen (secondary N) is 2. The summed E-state index contributed by atoms with van der Waals surface area (Å²) in [5, 5.41) is 7.40. The first-order valence-corrected chi connectivity index (χ1v) is 8.80. The van der Waals surface area contributed by atoms with Gasteiger partial charge in [0.25, 0.3) is 0 Å². The molecule has 1 heterocycles. The second-order valence-corrected chi connectivity index (χ2v) is 6.39. The SMILES string of the molecule is CN=C(NCc1ccc(Cl)cc1)NCc1ccc(N2CC=CC2)cc1. The number of rotatable bonds is 5. The van der Waals surface area contributed by atoms with Crippen LogP contribution in [0.25, 0.3) is 0 Å². The molecule has 3 rings (SSSR count). The van der Waals surface area contributed by atoms with Gasteiger partial charge in [0.05, 0.1) is 0 Å². The van der Waals surface area contributed by atoms with Crippen LogP contribution in [0.1, 0.15) is 11.1 Å². The number of guanidine groups is 1. The van der Waals surface area contributed by atoms with Gasteiger partial charge in [-0.05, 0) is 35.4 Å². The highest BCUT2D eigenvalue weighted by molar-refractivity contribution is 6.30. The molecule has 0 saturated heterocycles. The number of nitrogens with zero attached hydrogens (tertiary/aromatic N) is 2. The third-order valence-electron chi connectivity index (χ3n) is 4.18. The Labute approximate surface area is 154 Å². The van der Waals surface area contributed by atoms with Gasteiger partial charge < -0.3 is 15.5 Å². The summed E-state index contributed by atoms with van der Waals surface area (Å²) in [7, 11) is 1.78. The zero-order chi connectivity index (χ0) is 17.5. The van der Waals surface area contributed by atoms with Crippen molar-refractivity contribution in [2.45, 2.75) is 13.1 Å². The fourth-order valence-electron chi connectivity index (χ4n) is 2.71. The van der Waals surface area contributed by atoms with Crippen molar-refractivity contribution in [2.75, 3.05) is 25.0 Å². The summed E-state index contributed by atoms with van der Waals surface area (Å²) >= 11 is 5.91. The van der Waals surface area contributed by atoms with E-state index in [-0.39, 0.29) is 0 Å². The van der Waals surface area contributed by atoms with Crippen molar-refractivity contribution in [3.05, 3.63) is 76.8 Å². The lowest BCUT2D eigenvalue weighted by Crippen LogP contribution is -2.36. The van der Waals surface area contributed by atoms with Gasteiger partial charge in [-0.1, -0.05) is 48.0 Å². The monoisotopic (exact) mass is 354 g/mol. The molecule has 0 spiro atoms. The molecule has 0 aliphatic carbocycles. The lowest BCUT2D eigenvalue weighted by Gasteiger charge is -2.18. The summed E-state index contributed by atoms with van der Waals surface area (Å²) in [6.45, 7) is 3.44. The molecule has 2 aromatic rings. The predicted molar refractivity (Wildman–Crippen MR) is 106 cm³/mol. The van der Waals surface area contributed by atoms with Crippen molar-refractivity contribution < 1.29 is 0 Å². The van der Waals surface area contributed by atoms with E-state index in [1.807, 2.05) is 24.3 Å². The predicted octanol–water partition coefficient (Wildman–Crippen LogP) is 3.58. The highest BCUT2D eigenvalue weighted by Crippen LogP contribution is 2.17. The van der Waals surface area contributed by atoms with Gasteiger partial charge in [0, 0.05) is 43.9 Å². The Morgan fingerprint density at radius 3 is 1.96 bits per heavy atom. The Morgan fingerprint density at radius 2 is 1.44 bits per heavy atom. The third-order valence-corrected chi connectivity index (χ3v) is 4.43. The van der Waals surface area contributed by atoms with Crippen LogP contribution in [0.5, 0.6) is 0 Å². The van der Waals surface area contributed by atoms with E-state index in [2.05, 4.69) is 56.9 Å². The van der Waals surface area contributed by atoms with E-state index in [9.17, 15) is 0 Å². The maximum Gasteiger partial charge on any atom is 0.191 e.